The van der Waals surface area contributed by atoms with Gasteiger partial charge in [0.25, 0.3) is 0 Å². The zero-order chi connectivity index (χ0) is 18.0. The van der Waals surface area contributed by atoms with E-state index >= 15 is 0 Å². The number of carbonyl (C=O) groups is 2. The van der Waals surface area contributed by atoms with Crippen LogP contribution in [-0.4, -0.2) is 31.2 Å². The summed E-state index contributed by atoms with van der Waals surface area (Å²) in [4.78, 5) is 29.7. The fourth-order valence-corrected chi connectivity index (χ4v) is 2.74. The first-order valence-corrected chi connectivity index (χ1v) is 7.79. The van der Waals surface area contributed by atoms with Gasteiger partial charge in [-0.1, -0.05) is 18.2 Å². The van der Waals surface area contributed by atoms with Crippen LogP contribution in [0.4, 0.5) is 10.1 Å². The number of carbonyl (C=O) groups excluding carboxylic acids is 2. The summed E-state index contributed by atoms with van der Waals surface area (Å²) in [6, 6.07) is 10.7. The van der Waals surface area contributed by atoms with Crippen LogP contribution in [-0.2, 0) is 9.53 Å². The molecule has 0 amide bonds. The predicted molar refractivity (Wildman–Crippen MR) is 90.0 cm³/mol. The topological polar surface area (TPSA) is 65.0 Å². The molecule has 0 aromatic heterocycles. The lowest BCUT2D eigenvalue weighted by atomic mass is 9.85. The van der Waals surface area contributed by atoms with E-state index in [0.717, 1.165) is 0 Å². The normalized spacial score (nSPS) is 16.0. The Balaban J connectivity index is 2.20. The van der Waals surface area contributed by atoms with Gasteiger partial charge in [-0.15, -0.1) is 0 Å². The van der Waals surface area contributed by atoms with Crippen molar-refractivity contribution in [3.8, 4) is 5.75 Å². The molecule has 25 heavy (non-hydrogen) atoms. The maximum Gasteiger partial charge on any atom is 0.323 e. The molecule has 0 radical (unpaired) electrons. The Morgan fingerprint density at radius 1 is 1.20 bits per heavy atom. The van der Waals surface area contributed by atoms with Crippen molar-refractivity contribution in [1.29, 1.82) is 0 Å². The lowest BCUT2D eigenvalue weighted by molar-refractivity contribution is -0.144. The van der Waals surface area contributed by atoms with Crippen molar-refractivity contribution in [2.75, 3.05) is 13.7 Å². The van der Waals surface area contributed by atoms with E-state index in [1.54, 1.807) is 25.1 Å². The Kier molecular flexibility index (Phi) is 4.61. The molecule has 0 N–H and O–H groups in total. The first-order chi connectivity index (χ1) is 12.1. The Labute approximate surface area is 144 Å². The molecular weight excluding hydrogens is 325 g/mol. The minimum absolute atomic E-state index is 0.0548. The fraction of sp³-hybridized carbons (Fsp3) is 0.211. The maximum atomic E-state index is 14.3. The summed E-state index contributed by atoms with van der Waals surface area (Å²) in [7, 11) is 1.48. The number of fused-ring (bicyclic) bond motifs is 1. The molecule has 0 saturated carbocycles. The van der Waals surface area contributed by atoms with Crippen LogP contribution in [0.25, 0.3) is 0 Å². The summed E-state index contributed by atoms with van der Waals surface area (Å²) in [5, 5.41) is 0. The van der Waals surface area contributed by atoms with E-state index in [1.165, 1.54) is 31.4 Å². The van der Waals surface area contributed by atoms with Crippen molar-refractivity contribution in [1.82, 2.24) is 0 Å². The van der Waals surface area contributed by atoms with E-state index in [2.05, 4.69) is 4.99 Å². The predicted octanol–water partition coefficient (Wildman–Crippen LogP) is 3.33. The van der Waals surface area contributed by atoms with Gasteiger partial charge in [-0.05, 0) is 31.2 Å². The number of hydrogen-bond donors (Lipinski definition) is 0. The van der Waals surface area contributed by atoms with Crippen LogP contribution >= 0.6 is 0 Å². The molecule has 0 bridgehead atoms. The molecule has 1 heterocycles. The van der Waals surface area contributed by atoms with Crippen molar-refractivity contribution < 1.29 is 23.5 Å². The lowest BCUT2D eigenvalue weighted by Crippen LogP contribution is -2.36. The summed E-state index contributed by atoms with van der Waals surface area (Å²) in [5.74, 6) is -2.63. The Morgan fingerprint density at radius 3 is 2.64 bits per heavy atom. The summed E-state index contributed by atoms with van der Waals surface area (Å²) in [6.45, 7) is 1.75. The molecule has 6 heteroatoms. The summed E-state index contributed by atoms with van der Waals surface area (Å²) < 4.78 is 24.4. The van der Waals surface area contributed by atoms with E-state index in [1.807, 2.05) is 0 Å². The zero-order valence-electron chi connectivity index (χ0n) is 13.8. The fourth-order valence-electron chi connectivity index (χ4n) is 2.74. The molecule has 128 valence electrons. The molecule has 3 rings (SSSR count). The number of nitrogens with zero attached hydrogens (tertiary/aromatic N) is 1. The summed E-state index contributed by atoms with van der Waals surface area (Å²) in [5.41, 5.74) is 0.775. The number of halogens is 1. The number of ether oxygens (including phenoxy) is 2. The highest BCUT2D eigenvalue weighted by molar-refractivity contribution is 6.31. The van der Waals surface area contributed by atoms with Crippen molar-refractivity contribution in [3.63, 3.8) is 0 Å². The second kappa shape index (κ2) is 6.84. The van der Waals surface area contributed by atoms with Crippen LogP contribution in [0.3, 0.4) is 0 Å². The molecule has 2 aromatic rings. The van der Waals surface area contributed by atoms with Crippen molar-refractivity contribution >= 4 is 23.2 Å². The molecule has 1 unspecified atom stereocenters. The molecule has 2 aromatic carbocycles. The van der Waals surface area contributed by atoms with Crippen LogP contribution in [0.1, 0.15) is 22.8 Å². The highest BCUT2D eigenvalue weighted by Crippen LogP contribution is 2.34. The summed E-state index contributed by atoms with van der Waals surface area (Å²) >= 11 is 0. The largest absolute Gasteiger partial charge is 0.497 e. The Hall–Kier alpha value is -3.02. The van der Waals surface area contributed by atoms with E-state index in [-0.39, 0.29) is 23.4 Å². The van der Waals surface area contributed by atoms with Gasteiger partial charge in [0.05, 0.1) is 25.1 Å². The standard InChI is InChI=1S/C19H16FNO4/c1-3-25-19(23)16-17(12-6-4-5-7-14(12)20)21-15-9-8-11(24-2)10-13(15)18(16)22/h4-10,16H,3H2,1-2H3. The average Bonchev–Trinajstić information content (AvgIpc) is 2.62. The Morgan fingerprint density at radius 2 is 1.96 bits per heavy atom. The second-order valence-corrected chi connectivity index (χ2v) is 5.41. The first kappa shape index (κ1) is 16.8. The van der Waals surface area contributed by atoms with E-state index in [9.17, 15) is 14.0 Å². The number of Topliss-reactive ketones (excluding diaryl/α,β-unsaturated/α-hetero) is 1. The smallest absolute Gasteiger partial charge is 0.323 e. The number of benzene rings is 2. The third-order valence-electron chi connectivity index (χ3n) is 3.92. The van der Waals surface area contributed by atoms with Crippen LogP contribution < -0.4 is 4.74 Å². The van der Waals surface area contributed by atoms with Gasteiger partial charge in [-0.2, -0.15) is 0 Å². The monoisotopic (exact) mass is 341 g/mol. The number of methoxy groups -OCH3 is 1. The van der Waals surface area contributed by atoms with Crippen LogP contribution in [0, 0.1) is 11.7 Å². The van der Waals surface area contributed by atoms with Crippen molar-refractivity contribution in [2.24, 2.45) is 10.9 Å². The van der Waals surface area contributed by atoms with Crippen molar-refractivity contribution in [3.05, 3.63) is 59.4 Å². The second-order valence-electron chi connectivity index (χ2n) is 5.41. The molecule has 5 nitrogen and oxygen atoms in total. The third-order valence-corrected chi connectivity index (χ3v) is 3.92. The van der Waals surface area contributed by atoms with E-state index < -0.39 is 23.5 Å². The quantitative estimate of drug-likeness (QED) is 0.632. The molecule has 1 atom stereocenters. The number of ketones is 1. The number of esters is 1. The van der Waals surface area contributed by atoms with E-state index in [4.69, 9.17) is 9.47 Å². The highest BCUT2D eigenvalue weighted by atomic mass is 19.1. The summed E-state index contributed by atoms with van der Waals surface area (Å²) in [6.07, 6.45) is 0. The van der Waals surface area contributed by atoms with Crippen molar-refractivity contribution in [2.45, 2.75) is 6.92 Å². The SMILES string of the molecule is CCOC(=O)C1C(=O)c2cc(OC)ccc2N=C1c1ccccc1F. The lowest BCUT2D eigenvalue weighted by Gasteiger charge is -2.23. The molecule has 0 fully saturated rings. The van der Waals surface area contributed by atoms with Crippen LogP contribution in [0.15, 0.2) is 47.5 Å². The van der Waals surface area contributed by atoms with Gasteiger partial charge in [0.15, 0.2) is 11.7 Å². The van der Waals surface area contributed by atoms with Gasteiger partial charge in [-0.3, -0.25) is 14.6 Å². The highest BCUT2D eigenvalue weighted by Gasteiger charge is 2.39. The Bertz CT molecular complexity index is 875. The van der Waals surface area contributed by atoms with E-state index in [0.29, 0.717) is 11.4 Å². The molecule has 1 aliphatic rings. The van der Waals surface area contributed by atoms with Gasteiger partial charge >= 0.3 is 5.97 Å². The number of rotatable bonds is 4. The minimum atomic E-state index is -1.31. The van der Waals surface area contributed by atoms with Crippen LogP contribution in [0.5, 0.6) is 5.75 Å². The molecule has 1 aliphatic heterocycles. The van der Waals surface area contributed by atoms with Gasteiger partial charge in [-0.25, -0.2) is 4.39 Å². The number of hydrogen-bond acceptors (Lipinski definition) is 5. The zero-order valence-corrected chi connectivity index (χ0v) is 13.8. The maximum absolute atomic E-state index is 14.3. The molecule has 0 spiro atoms. The van der Waals surface area contributed by atoms with Gasteiger partial charge in [0.1, 0.15) is 11.6 Å². The van der Waals surface area contributed by atoms with Gasteiger partial charge in [0.2, 0.25) is 0 Å². The van der Waals surface area contributed by atoms with Gasteiger partial charge in [0, 0.05) is 11.1 Å². The van der Waals surface area contributed by atoms with Gasteiger partial charge < -0.3 is 9.47 Å². The van der Waals surface area contributed by atoms with Crippen LogP contribution in [0.2, 0.25) is 0 Å². The molecule has 0 aliphatic carbocycles. The average molecular weight is 341 g/mol. The molecular formula is C19H16FNO4. The number of aliphatic imine (C=N–C) groups is 1. The minimum Gasteiger partial charge on any atom is -0.497 e. The third kappa shape index (κ3) is 3.03. The molecule has 0 saturated heterocycles. The first-order valence-electron chi connectivity index (χ1n) is 7.79.